The number of pyridine rings is 1. The van der Waals surface area contributed by atoms with E-state index in [0.29, 0.717) is 0 Å². The number of nitro groups is 1. The average Bonchev–Trinajstić information content (AvgIpc) is 2.47. The predicted octanol–water partition coefficient (Wildman–Crippen LogP) is 3.26. The van der Waals surface area contributed by atoms with E-state index >= 15 is 0 Å². The van der Waals surface area contributed by atoms with E-state index in [0.717, 1.165) is 15.7 Å². The SMILES string of the molecule is CN(C)c1ccc(/C=N\Nc2ncccc2[N+](=O)[O-])cc1Br. The molecule has 0 aliphatic heterocycles. The van der Waals surface area contributed by atoms with E-state index in [1.807, 2.05) is 37.2 Å². The van der Waals surface area contributed by atoms with Gasteiger partial charge in [0.1, 0.15) is 0 Å². The number of nitrogens with one attached hydrogen (secondary N) is 1. The monoisotopic (exact) mass is 363 g/mol. The molecule has 0 saturated heterocycles. The van der Waals surface area contributed by atoms with Crippen LogP contribution in [0.2, 0.25) is 0 Å². The van der Waals surface area contributed by atoms with Gasteiger partial charge in [0, 0.05) is 30.8 Å². The quantitative estimate of drug-likeness (QED) is 0.500. The molecular formula is C14H14BrN5O2. The summed E-state index contributed by atoms with van der Waals surface area (Å²) in [6.45, 7) is 0. The number of hydrazone groups is 1. The molecule has 1 N–H and O–H groups in total. The Bertz CT molecular complexity index is 718. The van der Waals surface area contributed by atoms with E-state index in [9.17, 15) is 10.1 Å². The molecule has 0 spiro atoms. The molecule has 0 aliphatic rings. The zero-order valence-electron chi connectivity index (χ0n) is 12.0. The molecule has 2 aromatic rings. The topological polar surface area (TPSA) is 83.7 Å². The van der Waals surface area contributed by atoms with Crippen LogP contribution in [0.5, 0.6) is 0 Å². The van der Waals surface area contributed by atoms with Crippen molar-refractivity contribution >= 4 is 39.3 Å². The molecule has 1 aromatic heterocycles. The number of benzene rings is 1. The molecular weight excluding hydrogens is 350 g/mol. The van der Waals surface area contributed by atoms with E-state index in [2.05, 4.69) is 31.4 Å². The molecule has 0 amide bonds. The van der Waals surface area contributed by atoms with Gasteiger partial charge in [-0.3, -0.25) is 15.5 Å². The van der Waals surface area contributed by atoms with Gasteiger partial charge in [0.15, 0.2) is 0 Å². The van der Waals surface area contributed by atoms with Crippen LogP contribution in [0.1, 0.15) is 5.56 Å². The first-order chi connectivity index (χ1) is 10.5. The first kappa shape index (κ1) is 15.9. The van der Waals surface area contributed by atoms with Crippen LogP contribution in [0.3, 0.4) is 0 Å². The lowest BCUT2D eigenvalue weighted by molar-refractivity contribution is -0.384. The van der Waals surface area contributed by atoms with Gasteiger partial charge in [-0.25, -0.2) is 4.98 Å². The maximum absolute atomic E-state index is 10.9. The van der Waals surface area contributed by atoms with Crippen LogP contribution in [-0.2, 0) is 0 Å². The molecule has 0 radical (unpaired) electrons. The summed E-state index contributed by atoms with van der Waals surface area (Å²) in [6.07, 6.45) is 3.04. The van der Waals surface area contributed by atoms with Gasteiger partial charge < -0.3 is 4.90 Å². The zero-order chi connectivity index (χ0) is 16.1. The Morgan fingerprint density at radius 2 is 2.18 bits per heavy atom. The summed E-state index contributed by atoms with van der Waals surface area (Å²) in [5.74, 6) is 0.104. The lowest BCUT2D eigenvalue weighted by Crippen LogP contribution is -2.09. The Balaban J connectivity index is 2.14. The summed E-state index contributed by atoms with van der Waals surface area (Å²) in [6, 6.07) is 8.64. The summed E-state index contributed by atoms with van der Waals surface area (Å²) in [4.78, 5) is 16.2. The van der Waals surface area contributed by atoms with Crippen molar-refractivity contribution in [2.45, 2.75) is 0 Å². The van der Waals surface area contributed by atoms with E-state index < -0.39 is 4.92 Å². The number of rotatable bonds is 5. The highest BCUT2D eigenvalue weighted by Gasteiger charge is 2.12. The van der Waals surface area contributed by atoms with Gasteiger partial charge >= 0.3 is 5.69 Å². The van der Waals surface area contributed by atoms with Crippen molar-refractivity contribution in [2.24, 2.45) is 5.10 Å². The van der Waals surface area contributed by atoms with Crippen molar-refractivity contribution in [1.29, 1.82) is 0 Å². The van der Waals surface area contributed by atoms with Gasteiger partial charge in [-0.1, -0.05) is 6.07 Å². The van der Waals surface area contributed by atoms with Crippen molar-refractivity contribution in [1.82, 2.24) is 4.98 Å². The van der Waals surface area contributed by atoms with Gasteiger partial charge in [-0.05, 0) is 39.7 Å². The lowest BCUT2D eigenvalue weighted by atomic mass is 10.2. The fraction of sp³-hybridized carbons (Fsp3) is 0.143. The molecule has 1 heterocycles. The summed E-state index contributed by atoms with van der Waals surface area (Å²) < 4.78 is 0.935. The first-order valence-electron chi connectivity index (χ1n) is 6.34. The molecule has 0 bridgehead atoms. The van der Waals surface area contributed by atoms with Crippen LogP contribution in [-0.4, -0.2) is 30.2 Å². The number of aromatic nitrogens is 1. The van der Waals surface area contributed by atoms with E-state index in [4.69, 9.17) is 0 Å². The zero-order valence-corrected chi connectivity index (χ0v) is 13.6. The van der Waals surface area contributed by atoms with Crippen molar-refractivity contribution in [3.63, 3.8) is 0 Å². The Morgan fingerprint density at radius 3 is 2.82 bits per heavy atom. The van der Waals surface area contributed by atoms with Crippen LogP contribution in [0, 0.1) is 10.1 Å². The van der Waals surface area contributed by atoms with Gasteiger partial charge in [0.05, 0.1) is 16.8 Å². The number of anilines is 2. The normalized spacial score (nSPS) is 10.7. The van der Waals surface area contributed by atoms with Crippen molar-refractivity contribution in [3.8, 4) is 0 Å². The van der Waals surface area contributed by atoms with Crippen LogP contribution >= 0.6 is 15.9 Å². The number of hydrogen-bond donors (Lipinski definition) is 1. The van der Waals surface area contributed by atoms with Crippen molar-refractivity contribution in [3.05, 3.63) is 56.7 Å². The Hall–Kier alpha value is -2.48. The van der Waals surface area contributed by atoms with Crippen molar-refractivity contribution in [2.75, 3.05) is 24.4 Å². The molecule has 22 heavy (non-hydrogen) atoms. The minimum atomic E-state index is -0.507. The Morgan fingerprint density at radius 1 is 1.41 bits per heavy atom. The second kappa shape index (κ2) is 6.99. The van der Waals surface area contributed by atoms with E-state index in [1.54, 1.807) is 6.21 Å². The standard InChI is InChI=1S/C14H14BrN5O2/c1-19(2)12-6-5-10(8-11(12)15)9-17-18-14-13(20(21)22)4-3-7-16-14/h3-9H,1-2H3,(H,16,18)/b17-9-. The summed E-state index contributed by atoms with van der Waals surface area (Å²) in [5, 5.41) is 14.9. The molecule has 1 aromatic carbocycles. The molecule has 0 atom stereocenters. The third kappa shape index (κ3) is 3.79. The minimum Gasteiger partial charge on any atom is -0.377 e. The molecule has 0 unspecified atom stereocenters. The first-order valence-corrected chi connectivity index (χ1v) is 7.13. The summed E-state index contributed by atoms with van der Waals surface area (Å²) >= 11 is 3.49. The predicted molar refractivity (Wildman–Crippen MR) is 90.6 cm³/mol. The van der Waals surface area contributed by atoms with Crippen LogP contribution in [0.15, 0.2) is 46.1 Å². The molecule has 114 valence electrons. The maximum Gasteiger partial charge on any atom is 0.313 e. The van der Waals surface area contributed by atoms with Gasteiger partial charge in [0.25, 0.3) is 0 Å². The fourth-order valence-electron chi connectivity index (χ4n) is 1.76. The average molecular weight is 364 g/mol. The van der Waals surface area contributed by atoms with Crippen molar-refractivity contribution < 1.29 is 4.92 Å². The molecule has 0 fully saturated rings. The lowest BCUT2D eigenvalue weighted by Gasteiger charge is -2.14. The van der Waals surface area contributed by atoms with Crippen LogP contribution < -0.4 is 10.3 Å². The van der Waals surface area contributed by atoms with Crippen LogP contribution in [0.4, 0.5) is 17.2 Å². The number of hydrogen-bond acceptors (Lipinski definition) is 6. The highest BCUT2D eigenvalue weighted by atomic mass is 79.9. The number of nitrogens with zero attached hydrogens (tertiary/aromatic N) is 4. The largest absolute Gasteiger partial charge is 0.377 e. The molecule has 8 heteroatoms. The highest BCUT2D eigenvalue weighted by molar-refractivity contribution is 9.10. The number of halogens is 1. The third-order valence-electron chi connectivity index (χ3n) is 2.82. The van der Waals surface area contributed by atoms with Gasteiger partial charge in [-0.15, -0.1) is 0 Å². The van der Waals surface area contributed by atoms with E-state index in [1.165, 1.54) is 18.3 Å². The van der Waals surface area contributed by atoms with Crippen LogP contribution in [0.25, 0.3) is 0 Å². The third-order valence-corrected chi connectivity index (χ3v) is 3.46. The van der Waals surface area contributed by atoms with Gasteiger partial charge in [0.2, 0.25) is 5.82 Å². The van der Waals surface area contributed by atoms with Gasteiger partial charge in [-0.2, -0.15) is 5.10 Å². The second-order valence-corrected chi connectivity index (χ2v) is 5.46. The fourth-order valence-corrected chi connectivity index (χ4v) is 2.52. The minimum absolute atomic E-state index is 0.104. The Kier molecular flexibility index (Phi) is 5.05. The summed E-state index contributed by atoms with van der Waals surface area (Å²) in [5.41, 5.74) is 4.37. The Labute approximate surface area is 135 Å². The molecule has 0 aliphatic carbocycles. The highest BCUT2D eigenvalue weighted by Crippen LogP contribution is 2.25. The molecule has 2 rings (SSSR count). The van der Waals surface area contributed by atoms with E-state index in [-0.39, 0.29) is 11.5 Å². The summed E-state index contributed by atoms with van der Waals surface area (Å²) in [7, 11) is 3.91. The molecule has 7 nitrogen and oxygen atoms in total. The molecule has 0 saturated carbocycles. The second-order valence-electron chi connectivity index (χ2n) is 4.60. The smallest absolute Gasteiger partial charge is 0.313 e. The maximum atomic E-state index is 10.9.